The van der Waals surface area contributed by atoms with Gasteiger partial charge in [0.05, 0.1) is 5.69 Å². The van der Waals surface area contributed by atoms with Crippen LogP contribution in [0.15, 0.2) is 36.5 Å². The Hall–Kier alpha value is -1.52. The van der Waals surface area contributed by atoms with E-state index in [4.69, 9.17) is 28.6 Å². The van der Waals surface area contributed by atoms with Crippen LogP contribution in [0.25, 0.3) is 0 Å². The molecule has 0 spiro atoms. The van der Waals surface area contributed by atoms with Gasteiger partial charge in [-0.2, -0.15) is 0 Å². The van der Waals surface area contributed by atoms with Crippen molar-refractivity contribution in [3.8, 4) is 0 Å². The van der Waals surface area contributed by atoms with Crippen LogP contribution in [0.2, 0.25) is 17.0 Å². The van der Waals surface area contributed by atoms with E-state index in [1.54, 1.807) is 19.5 Å². The SMILES string of the molecule is C[B]C(=N)c1ccnc(Cl)c1NCc1ccccc1Cl. The molecule has 3 nitrogen and oxygen atoms in total. The highest BCUT2D eigenvalue weighted by atomic mass is 35.5. The van der Waals surface area contributed by atoms with Crippen LogP contribution in [0.1, 0.15) is 11.1 Å². The minimum atomic E-state index is 0.348. The van der Waals surface area contributed by atoms with E-state index in [2.05, 4.69) is 10.3 Å². The van der Waals surface area contributed by atoms with Crippen LogP contribution in [0, 0.1) is 5.41 Å². The Kier molecular flexibility index (Phi) is 5.04. The second-order valence-electron chi connectivity index (χ2n) is 4.17. The molecule has 1 radical (unpaired) electrons. The van der Waals surface area contributed by atoms with Gasteiger partial charge in [-0.1, -0.05) is 48.2 Å². The fourth-order valence-electron chi connectivity index (χ4n) is 1.81. The Bertz CT molecular complexity index is 632. The van der Waals surface area contributed by atoms with Gasteiger partial charge in [-0.05, 0) is 23.3 Å². The van der Waals surface area contributed by atoms with E-state index in [-0.39, 0.29) is 0 Å². The van der Waals surface area contributed by atoms with E-state index in [0.29, 0.717) is 28.0 Å². The number of anilines is 1. The molecule has 0 amide bonds. The first kappa shape index (κ1) is 14.9. The van der Waals surface area contributed by atoms with Gasteiger partial charge in [-0.15, -0.1) is 0 Å². The first-order valence-corrected chi connectivity index (χ1v) is 6.89. The summed E-state index contributed by atoms with van der Waals surface area (Å²) >= 11 is 12.2. The van der Waals surface area contributed by atoms with Crippen molar-refractivity contribution in [3.63, 3.8) is 0 Å². The number of nitrogens with zero attached hydrogens (tertiary/aromatic N) is 1. The monoisotopic (exact) mass is 304 g/mol. The van der Waals surface area contributed by atoms with Gasteiger partial charge in [0.1, 0.15) is 0 Å². The summed E-state index contributed by atoms with van der Waals surface area (Å²) in [6, 6.07) is 9.36. The van der Waals surface area contributed by atoms with Gasteiger partial charge >= 0.3 is 0 Å². The van der Waals surface area contributed by atoms with Crippen molar-refractivity contribution in [2.75, 3.05) is 5.32 Å². The van der Waals surface area contributed by atoms with E-state index in [1.165, 1.54) is 0 Å². The minimum Gasteiger partial charge on any atom is -0.378 e. The smallest absolute Gasteiger partial charge is 0.174 e. The maximum absolute atomic E-state index is 7.93. The third-order valence-electron chi connectivity index (χ3n) is 2.90. The van der Waals surface area contributed by atoms with Gasteiger partial charge in [0.2, 0.25) is 0 Å². The lowest BCUT2D eigenvalue weighted by Crippen LogP contribution is -2.12. The first-order chi connectivity index (χ1) is 9.63. The zero-order valence-electron chi connectivity index (χ0n) is 11.0. The first-order valence-electron chi connectivity index (χ1n) is 6.13. The van der Waals surface area contributed by atoms with E-state index in [0.717, 1.165) is 11.1 Å². The van der Waals surface area contributed by atoms with Gasteiger partial charge in [0, 0.05) is 23.3 Å². The number of aromatic nitrogens is 1. The average molecular weight is 305 g/mol. The van der Waals surface area contributed by atoms with Crippen LogP contribution < -0.4 is 5.32 Å². The van der Waals surface area contributed by atoms with Gasteiger partial charge in [0.15, 0.2) is 12.4 Å². The number of nitrogens with one attached hydrogen (secondary N) is 2. The number of hydrogen-bond acceptors (Lipinski definition) is 3. The quantitative estimate of drug-likeness (QED) is 0.497. The summed E-state index contributed by atoms with van der Waals surface area (Å²) in [5, 5.41) is 12.2. The molecule has 2 aromatic rings. The van der Waals surface area contributed by atoms with Crippen molar-refractivity contribution in [2.45, 2.75) is 13.4 Å². The Morgan fingerprint density at radius 1 is 1.30 bits per heavy atom. The summed E-state index contributed by atoms with van der Waals surface area (Å²) in [4.78, 5) is 4.05. The molecule has 101 valence electrons. The lowest BCUT2D eigenvalue weighted by molar-refractivity contribution is 1.13. The number of rotatable bonds is 5. The normalized spacial score (nSPS) is 10.2. The largest absolute Gasteiger partial charge is 0.378 e. The Morgan fingerprint density at radius 3 is 2.75 bits per heavy atom. The molecule has 1 aromatic heterocycles. The van der Waals surface area contributed by atoms with Crippen LogP contribution in [0.3, 0.4) is 0 Å². The predicted octanol–water partition coefficient (Wildman–Crippen LogP) is 4.08. The number of halogens is 2. The highest BCUT2D eigenvalue weighted by Crippen LogP contribution is 2.25. The molecule has 0 unspecified atom stereocenters. The Morgan fingerprint density at radius 2 is 2.05 bits per heavy atom. The molecule has 0 fully saturated rings. The highest BCUT2D eigenvalue weighted by Gasteiger charge is 2.11. The van der Waals surface area contributed by atoms with E-state index >= 15 is 0 Å². The molecule has 0 aliphatic carbocycles. The van der Waals surface area contributed by atoms with Crippen LogP contribution >= 0.6 is 23.2 Å². The third-order valence-corrected chi connectivity index (χ3v) is 3.55. The lowest BCUT2D eigenvalue weighted by Gasteiger charge is -2.14. The summed E-state index contributed by atoms with van der Waals surface area (Å²) in [6.45, 7) is 2.34. The van der Waals surface area contributed by atoms with E-state index in [9.17, 15) is 0 Å². The molecule has 1 heterocycles. The maximum Gasteiger partial charge on any atom is 0.174 e. The molecule has 0 atom stereocenters. The van der Waals surface area contributed by atoms with Crippen LogP contribution in [0.4, 0.5) is 5.69 Å². The third kappa shape index (κ3) is 3.32. The fourth-order valence-corrected chi connectivity index (χ4v) is 2.24. The fraction of sp³-hybridized carbons (Fsp3) is 0.143. The topological polar surface area (TPSA) is 48.8 Å². The number of pyridine rings is 1. The standard InChI is InChI=1S/C14H13BCl2N3/c1-15-13(18)10-6-7-19-14(17)12(10)20-8-9-4-2-3-5-11(9)16/h2-7,18,20H,8H2,1H3. The van der Waals surface area contributed by atoms with E-state index < -0.39 is 0 Å². The molecule has 6 heteroatoms. The summed E-state index contributed by atoms with van der Waals surface area (Å²) in [5.41, 5.74) is 2.74. The molecular weight excluding hydrogens is 292 g/mol. The van der Waals surface area contributed by atoms with Gasteiger partial charge in [-0.3, -0.25) is 0 Å². The summed E-state index contributed by atoms with van der Waals surface area (Å²) in [5.74, 6) is 0. The van der Waals surface area contributed by atoms with Crippen LogP contribution in [-0.2, 0) is 6.54 Å². The maximum atomic E-state index is 7.93. The molecule has 1 aromatic carbocycles. The molecule has 0 aliphatic rings. The molecule has 20 heavy (non-hydrogen) atoms. The predicted molar refractivity (Wildman–Crippen MR) is 86.5 cm³/mol. The Balaban J connectivity index is 2.25. The highest BCUT2D eigenvalue weighted by molar-refractivity contribution is 6.77. The minimum absolute atomic E-state index is 0.348. The number of benzene rings is 1. The summed E-state index contributed by atoms with van der Waals surface area (Å²) in [7, 11) is 1.71. The molecule has 0 aliphatic heterocycles. The van der Waals surface area contributed by atoms with Crippen molar-refractivity contribution >= 4 is 41.8 Å². The number of hydrogen-bond donors (Lipinski definition) is 2. The second-order valence-corrected chi connectivity index (χ2v) is 4.94. The average Bonchev–Trinajstić information content (AvgIpc) is 2.46. The Labute approximate surface area is 129 Å². The molecule has 0 saturated heterocycles. The van der Waals surface area contributed by atoms with Crippen molar-refractivity contribution < 1.29 is 0 Å². The van der Waals surface area contributed by atoms with Gasteiger partial charge in [0.25, 0.3) is 0 Å². The molecule has 0 bridgehead atoms. The van der Waals surface area contributed by atoms with Crippen LogP contribution in [0.5, 0.6) is 0 Å². The van der Waals surface area contributed by atoms with E-state index in [1.807, 2.05) is 31.1 Å². The molecule has 2 rings (SSSR count). The lowest BCUT2D eigenvalue weighted by atomic mass is 9.72. The molecular formula is C14H13BCl2N3. The molecule has 2 N–H and O–H groups in total. The van der Waals surface area contributed by atoms with Crippen molar-refractivity contribution in [1.29, 1.82) is 5.41 Å². The van der Waals surface area contributed by atoms with Gasteiger partial charge in [-0.25, -0.2) is 4.98 Å². The summed E-state index contributed by atoms with van der Waals surface area (Å²) in [6.07, 6.45) is 1.59. The van der Waals surface area contributed by atoms with Crippen molar-refractivity contribution in [2.24, 2.45) is 0 Å². The van der Waals surface area contributed by atoms with Crippen molar-refractivity contribution in [1.82, 2.24) is 4.98 Å². The second kappa shape index (κ2) is 6.77. The van der Waals surface area contributed by atoms with Gasteiger partial charge < -0.3 is 10.7 Å². The van der Waals surface area contributed by atoms with Crippen molar-refractivity contribution in [3.05, 3.63) is 57.8 Å². The summed E-state index contributed by atoms with van der Waals surface area (Å²) < 4.78 is 0. The zero-order chi connectivity index (χ0) is 14.5. The zero-order valence-corrected chi connectivity index (χ0v) is 12.5. The molecule has 0 saturated carbocycles. The van der Waals surface area contributed by atoms with Crippen LogP contribution in [-0.4, -0.2) is 17.9 Å².